The number of aliphatic imine (C=N–C) groups is 1. The summed E-state index contributed by atoms with van der Waals surface area (Å²) in [5.41, 5.74) is 4.95. The van der Waals surface area contributed by atoms with E-state index in [-0.39, 0.29) is 6.61 Å². The van der Waals surface area contributed by atoms with E-state index in [1.165, 1.54) is 0 Å². The Balaban J connectivity index is 1.95. The zero-order valence-electron chi connectivity index (χ0n) is 20.7. The number of ether oxygens (including phenoxy) is 2. The normalized spacial score (nSPS) is 12.6. The summed E-state index contributed by atoms with van der Waals surface area (Å²) < 4.78 is 43.4. The number of imidazole rings is 1. The molecule has 0 amide bonds. The fraction of sp³-hybridized carbons (Fsp3) is 0.308. The number of alkyl halides is 2. The minimum atomic E-state index is -2.88. The first-order valence-corrected chi connectivity index (χ1v) is 11.4. The monoisotopic (exact) mass is 495 g/mol. The van der Waals surface area contributed by atoms with Gasteiger partial charge in [-0.05, 0) is 52.0 Å². The molecule has 4 aromatic rings. The van der Waals surface area contributed by atoms with Crippen molar-refractivity contribution in [3.8, 4) is 39.7 Å². The molecule has 0 radical (unpaired) electrons. The molecule has 8 nitrogen and oxygen atoms in total. The predicted molar refractivity (Wildman–Crippen MR) is 133 cm³/mol. The van der Waals surface area contributed by atoms with Gasteiger partial charge in [0, 0.05) is 23.5 Å². The molecule has 188 valence electrons. The molecule has 0 fully saturated rings. The third-order valence-electron chi connectivity index (χ3n) is 5.76. The lowest BCUT2D eigenvalue weighted by atomic mass is 9.98. The first kappa shape index (κ1) is 25.2. The molecule has 3 aromatic heterocycles. The third-order valence-corrected chi connectivity index (χ3v) is 5.76. The molecule has 1 atom stereocenters. The molecule has 0 aliphatic carbocycles. The molecular weight excluding hydrogens is 468 g/mol. The van der Waals surface area contributed by atoms with Gasteiger partial charge in [-0.3, -0.25) is 9.98 Å². The fourth-order valence-electron chi connectivity index (χ4n) is 4.23. The number of pyridine rings is 1. The maximum absolute atomic E-state index is 12.9. The zero-order chi connectivity index (χ0) is 25.8. The Labute approximate surface area is 207 Å². The van der Waals surface area contributed by atoms with Crippen LogP contribution in [0.15, 0.2) is 52.2 Å². The molecule has 0 bridgehead atoms. The maximum atomic E-state index is 12.9. The van der Waals surface area contributed by atoms with Crippen LogP contribution in [-0.4, -0.2) is 46.2 Å². The smallest absolute Gasteiger partial charge is 0.345 e. The van der Waals surface area contributed by atoms with Crippen molar-refractivity contribution in [3.63, 3.8) is 0 Å². The Kier molecular flexibility index (Phi) is 7.54. The molecule has 0 saturated carbocycles. The van der Waals surface area contributed by atoms with Gasteiger partial charge < -0.3 is 18.6 Å². The van der Waals surface area contributed by atoms with Crippen molar-refractivity contribution < 1.29 is 22.8 Å². The quantitative estimate of drug-likeness (QED) is 0.249. The Bertz CT molecular complexity index is 1350. The minimum absolute atomic E-state index is 0.221. The summed E-state index contributed by atoms with van der Waals surface area (Å²) in [5.74, 6) is 1.76. The number of rotatable bonds is 9. The lowest BCUT2D eigenvalue weighted by Gasteiger charge is -2.21. The lowest BCUT2D eigenvalue weighted by molar-refractivity contribution is -0.135. The highest BCUT2D eigenvalue weighted by Gasteiger charge is 2.25. The number of halogens is 2. The molecule has 0 saturated heterocycles. The van der Waals surface area contributed by atoms with Gasteiger partial charge in [0.15, 0.2) is 5.82 Å². The molecule has 1 aromatic carbocycles. The summed E-state index contributed by atoms with van der Waals surface area (Å²) >= 11 is 0. The molecule has 0 unspecified atom stereocenters. The summed E-state index contributed by atoms with van der Waals surface area (Å²) in [6.07, 6.45) is 5.02. The molecule has 0 aliphatic heterocycles. The van der Waals surface area contributed by atoms with Gasteiger partial charge in [0.2, 0.25) is 0 Å². The van der Waals surface area contributed by atoms with Crippen LogP contribution >= 0.6 is 0 Å². The van der Waals surface area contributed by atoms with Crippen molar-refractivity contribution in [1.29, 1.82) is 0 Å². The summed E-state index contributed by atoms with van der Waals surface area (Å²) in [6.45, 7) is 4.21. The summed E-state index contributed by atoms with van der Waals surface area (Å²) in [7, 11) is 1.58. The second-order valence-corrected chi connectivity index (χ2v) is 8.15. The van der Waals surface area contributed by atoms with Crippen LogP contribution in [0.4, 0.5) is 14.5 Å². The number of aromatic nitrogens is 4. The number of aryl methyl sites for hydroxylation is 2. The van der Waals surface area contributed by atoms with Crippen molar-refractivity contribution in [2.24, 2.45) is 4.99 Å². The molecule has 3 heterocycles. The Morgan fingerprint density at radius 3 is 2.58 bits per heavy atom. The molecule has 10 heteroatoms. The second-order valence-electron chi connectivity index (χ2n) is 8.15. The van der Waals surface area contributed by atoms with E-state index in [2.05, 4.69) is 24.9 Å². The van der Waals surface area contributed by atoms with Crippen LogP contribution in [0.5, 0.6) is 5.75 Å². The highest BCUT2D eigenvalue weighted by molar-refractivity contribution is 5.87. The van der Waals surface area contributed by atoms with Crippen LogP contribution in [0.3, 0.4) is 0 Å². The van der Waals surface area contributed by atoms with E-state index in [0.29, 0.717) is 40.0 Å². The number of nitrogens with zero attached hydrogens (tertiary/aromatic N) is 5. The summed E-state index contributed by atoms with van der Waals surface area (Å²) in [5, 5.41) is 4.07. The van der Waals surface area contributed by atoms with E-state index < -0.39 is 12.7 Å². The van der Waals surface area contributed by atoms with Gasteiger partial charge in [0.1, 0.15) is 17.2 Å². The lowest BCUT2D eigenvalue weighted by Crippen LogP contribution is -2.16. The van der Waals surface area contributed by atoms with Crippen molar-refractivity contribution >= 4 is 11.9 Å². The molecule has 36 heavy (non-hydrogen) atoms. The van der Waals surface area contributed by atoms with Crippen LogP contribution in [0.25, 0.3) is 33.9 Å². The summed E-state index contributed by atoms with van der Waals surface area (Å²) in [6, 6.07) is 8.73. The average molecular weight is 496 g/mol. The number of hydrogen-bond acceptors (Lipinski definition) is 7. The number of methoxy groups -OCH3 is 1. The van der Waals surface area contributed by atoms with E-state index in [9.17, 15) is 8.78 Å². The van der Waals surface area contributed by atoms with E-state index in [1.54, 1.807) is 38.7 Å². The largest absolute Gasteiger partial charge is 0.496 e. The Hall–Kier alpha value is -3.92. The number of benzene rings is 1. The van der Waals surface area contributed by atoms with E-state index in [0.717, 1.165) is 16.8 Å². The predicted octanol–water partition coefficient (Wildman–Crippen LogP) is 6.41. The van der Waals surface area contributed by atoms with Gasteiger partial charge in [0.05, 0.1) is 48.6 Å². The van der Waals surface area contributed by atoms with Crippen molar-refractivity contribution in [3.05, 3.63) is 54.2 Å². The Morgan fingerprint density at radius 2 is 1.97 bits per heavy atom. The van der Waals surface area contributed by atoms with Crippen LogP contribution in [0.1, 0.15) is 31.3 Å². The van der Waals surface area contributed by atoms with Crippen LogP contribution in [0, 0.1) is 13.8 Å². The second kappa shape index (κ2) is 10.8. The van der Waals surface area contributed by atoms with Gasteiger partial charge in [-0.2, -0.15) is 8.78 Å². The van der Waals surface area contributed by atoms with Gasteiger partial charge in [0.25, 0.3) is 0 Å². The van der Waals surface area contributed by atoms with Crippen molar-refractivity contribution in [1.82, 2.24) is 19.7 Å². The zero-order valence-corrected chi connectivity index (χ0v) is 20.7. The fourth-order valence-corrected chi connectivity index (χ4v) is 4.23. The molecule has 0 spiro atoms. The molecular formula is C26H27F2N5O3. The van der Waals surface area contributed by atoms with Gasteiger partial charge in [-0.15, -0.1) is 0 Å². The van der Waals surface area contributed by atoms with Crippen LogP contribution < -0.4 is 4.74 Å². The minimum Gasteiger partial charge on any atom is -0.496 e. The van der Waals surface area contributed by atoms with Crippen molar-refractivity contribution in [2.45, 2.75) is 40.3 Å². The molecule has 0 aliphatic rings. The van der Waals surface area contributed by atoms with E-state index >= 15 is 0 Å². The maximum Gasteiger partial charge on any atom is 0.345 e. The number of hydrogen-bond donors (Lipinski definition) is 0. The first-order chi connectivity index (χ1) is 17.3. The van der Waals surface area contributed by atoms with Gasteiger partial charge in [-0.1, -0.05) is 11.2 Å². The Morgan fingerprint density at radius 1 is 1.17 bits per heavy atom. The molecule has 0 N–H and O–H groups in total. The average Bonchev–Trinajstić information content (AvgIpc) is 3.46. The van der Waals surface area contributed by atoms with Crippen LogP contribution in [-0.2, 0) is 4.74 Å². The highest BCUT2D eigenvalue weighted by Crippen LogP contribution is 2.44. The third kappa shape index (κ3) is 4.90. The van der Waals surface area contributed by atoms with Gasteiger partial charge in [-0.25, -0.2) is 4.98 Å². The van der Waals surface area contributed by atoms with Crippen LogP contribution in [0.2, 0.25) is 0 Å². The standard InChI is InChI=1S/C26H27F2N5O3/c1-6-29-21-11-19(24-16(3)32-36-17(24)4)23(34-5)12-18(21)22-13-31-25(20-9-7-8-10-30-20)33(22)15(2)14-35-26(27)28/h6-13,15,26H,14H2,1-5H3/t15-/m0/s1. The van der Waals surface area contributed by atoms with Crippen molar-refractivity contribution in [2.75, 3.05) is 13.7 Å². The highest BCUT2D eigenvalue weighted by atomic mass is 19.3. The SMILES string of the molecule is CC=Nc1cc(-c2c(C)noc2C)c(OC)cc1-c1cnc(-c2ccccn2)n1[C@@H](C)COC(F)F. The van der Waals surface area contributed by atoms with Gasteiger partial charge >= 0.3 is 6.61 Å². The topological polar surface area (TPSA) is 87.6 Å². The first-order valence-electron chi connectivity index (χ1n) is 11.4. The van der Waals surface area contributed by atoms with E-state index in [4.69, 9.17) is 9.26 Å². The van der Waals surface area contributed by atoms with E-state index in [1.807, 2.05) is 49.6 Å². The molecule has 4 rings (SSSR count). The summed E-state index contributed by atoms with van der Waals surface area (Å²) in [4.78, 5) is 13.6.